The van der Waals surface area contributed by atoms with E-state index in [1.54, 1.807) is 0 Å². The largest absolute Gasteiger partial charge is 0.508 e. The lowest BCUT2D eigenvalue weighted by molar-refractivity contribution is -0.119. The number of hydrogen-bond donors (Lipinski definition) is 2. The first-order valence-corrected chi connectivity index (χ1v) is 12.5. The number of aryl methyl sites for hydroxylation is 1. The molecule has 2 N–H and O–H groups in total. The summed E-state index contributed by atoms with van der Waals surface area (Å²) in [4.78, 5) is 23.9. The summed E-state index contributed by atoms with van der Waals surface area (Å²) in [5.74, 6) is 3.56. The van der Waals surface area contributed by atoms with Gasteiger partial charge >= 0.3 is 0 Å². The Labute approximate surface area is 184 Å². The summed E-state index contributed by atoms with van der Waals surface area (Å²) in [7, 11) is 0. The summed E-state index contributed by atoms with van der Waals surface area (Å²) in [6.07, 6.45) is 7.06. The molecule has 2 saturated carbocycles. The highest BCUT2D eigenvalue weighted by Crippen LogP contribution is 2.64. The van der Waals surface area contributed by atoms with Gasteiger partial charge in [0.15, 0.2) is 5.12 Å². The van der Waals surface area contributed by atoms with Crippen LogP contribution in [-0.2, 0) is 16.0 Å². The maximum Gasteiger partial charge on any atom is 0.216 e. The lowest BCUT2D eigenvalue weighted by Gasteiger charge is -2.51. The number of thioether (sulfide) groups is 1. The number of carbonyl (C=O) groups excluding carboxylic acids is 2. The zero-order valence-electron chi connectivity index (χ0n) is 18.4. The molecule has 0 bridgehead atoms. The van der Waals surface area contributed by atoms with Crippen LogP contribution in [0.25, 0.3) is 0 Å². The van der Waals surface area contributed by atoms with E-state index in [1.807, 2.05) is 12.1 Å². The van der Waals surface area contributed by atoms with Crippen LogP contribution in [0.5, 0.6) is 5.75 Å². The molecule has 0 radical (unpaired) electrons. The molecule has 4 rings (SSSR count). The van der Waals surface area contributed by atoms with Gasteiger partial charge in [-0.05, 0) is 90.9 Å². The van der Waals surface area contributed by atoms with Gasteiger partial charge in [0.05, 0.1) is 0 Å². The predicted molar refractivity (Wildman–Crippen MR) is 122 cm³/mol. The Bertz CT molecular complexity index is 825. The van der Waals surface area contributed by atoms with Crippen molar-refractivity contribution in [3.8, 4) is 5.75 Å². The van der Waals surface area contributed by atoms with E-state index < -0.39 is 0 Å². The van der Waals surface area contributed by atoms with E-state index in [2.05, 4.69) is 25.2 Å². The lowest BCUT2D eigenvalue weighted by Crippen LogP contribution is -2.44. The molecule has 4 nitrogen and oxygen atoms in total. The van der Waals surface area contributed by atoms with Crippen molar-refractivity contribution in [2.45, 2.75) is 65.2 Å². The van der Waals surface area contributed by atoms with Crippen LogP contribution >= 0.6 is 11.8 Å². The van der Waals surface area contributed by atoms with E-state index >= 15 is 0 Å². The van der Waals surface area contributed by atoms with Gasteiger partial charge in [-0.1, -0.05) is 31.7 Å². The molecule has 6 atom stereocenters. The summed E-state index contributed by atoms with van der Waals surface area (Å²) in [5, 5.41) is 12.9. The monoisotopic (exact) mass is 429 g/mol. The molecule has 0 aliphatic heterocycles. The molecule has 3 aliphatic carbocycles. The van der Waals surface area contributed by atoms with Crippen molar-refractivity contribution in [2.24, 2.45) is 29.1 Å². The third-order valence-corrected chi connectivity index (χ3v) is 9.54. The number of phenols is 1. The first-order chi connectivity index (χ1) is 14.3. The molecule has 3 aliphatic rings. The minimum atomic E-state index is -0.0386. The second-order valence-electron chi connectivity index (χ2n) is 9.97. The number of fused-ring (bicyclic) bond motifs is 5. The van der Waals surface area contributed by atoms with Crippen molar-refractivity contribution in [3.05, 3.63) is 29.3 Å². The SMILES string of the molecule is CC(=O)NCCSC(=O)[C@@H](C)[C@H]1CC[C@H]2[C@@H]3CCc4cc(O)ccc4[C@H]3CC[C@]12C. The molecule has 0 heterocycles. The molecule has 0 unspecified atom stereocenters. The maximum atomic E-state index is 12.9. The quantitative estimate of drug-likeness (QED) is 0.654. The molecule has 2 fully saturated rings. The third-order valence-electron chi connectivity index (χ3n) is 8.48. The van der Waals surface area contributed by atoms with Gasteiger partial charge in [0.2, 0.25) is 5.91 Å². The number of nitrogens with one attached hydrogen (secondary N) is 1. The normalized spacial score (nSPS) is 33.2. The van der Waals surface area contributed by atoms with Crippen LogP contribution < -0.4 is 5.32 Å². The summed E-state index contributed by atoms with van der Waals surface area (Å²) in [6.45, 7) is 6.67. The van der Waals surface area contributed by atoms with E-state index in [4.69, 9.17) is 0 Å². The average Bonchev–Trinajstić information content (AvgIpc) is 3.07. The molecule has 5 heteroatoms. The van der Waals surface area contributed by atoms with Crippen LogP contribution in [0, 0.1) is 29.1 Å². The minimum absolute atomic E-state index is 0.0386. The van der Waals surface area contributed by atoms with E-state index in [1.165, 1.54) is 55.5 Å². The lowest BCUT2D eigenvalue weighted by atomic mass is 9.53. The van der Waals surface area contributed by atoms with Crippen molar-refractivity contribution < 1.29 is 14.7 Å². The smallest absolute Gasteiger partial charge is 0.216 e. The van der Waals surface area contributed by atoms with Crippen molar-refractivity contribution >= 4 is 22.8 Å². The van der Waals surface area contributed by atoms with Crippen molar-refractivity contribution in [1.29, 1.82) is 0 Å². The fraction of sp³-hybridized carbons (Fsp3) is 0.680. The van der Waals surface area contributed by atoms with Crippen LogP contribution in [0.3, 0.4) is 0 Å². The fourth-order valence-corrected chi connectivity index (χ4v) is 7.94. The van der Waals surface area contributed by atoms with Gasteiger partial charge in [-0.3, -0.25) is 9.59 Å². The number of aromatic hydroxyl groups is 1. The molecule has 0 saturated heterocycles. The first-order valence-electron chi connectivity index (χ1n) is 11.5. The Morgan fingerprint density at radius 1 is 1.27 bits per heavy atom. The van der Waals surface area contributed by atoms with Crippen LogP contribution in [0.2, 0.25) is 0 Å². The van der Waals surface area contributed by atoms with Crippen LogP contribution in [0.4, 0.5) is 0 Å². The molecule has 1 amide bonds. The highest BCUT2D eigenvalue weighted by Gasteiger charge is 2.56. The fourth-order valence-electron chi connectivity index (χ4n) is 7.11. The van der Waals surface area contributed by atoms with E-state index in [9.17, 15) is 14.7 Å². The van der Waals surface area contributed by atoms with E-state index in [0.29, 0.717) is 46.8 Å². The van der Waals surface area contributed by atoms with Gasteiger partial charge in [-0.15, -0.1) is 0 Å². The number of benzene rings is 1. The van der Waals surface area contributed by atoms with Crippen molar-refractivity contribution in [2.75, 3.05) is 12.3 Å². The average molecular weight is 430 g/mol. The van der Waals surface area contributed by atoms with Gasteiger partial charge in [-0.25, -0.2) is 0 Å². The molecule has 1 aromatic rings. The Kier molecular flexibility index (Phi) is 6.20. The summed E-state index contributed by atoms with van der Waals surface area (Å²) >= 11 is 1.39. The third kappa shape index (κ3) is 3.90. The Hall–Kier alpha value is -1.49. The zero-order valence-corrected chi connectivity index (χ0v) is 19.3. The van der Waals surface area contributed by atoms with Crippen LogP contribution in [0.1, 0.15) is 69.9 Å². The molecular weight excluding hydrogens is 394 g/mol. The van der Waals surface area contributed by atoms with Gasteiger partial charge in [0, 0.05) is 25.1 Å². The van der Waals surface area contributed by atoms with Crippen LogP contribution in [0.15, 0.2) is 18.2 Å². The number of hydrogen-bond acceptors (Lipinski definition) is 4. The topological polar surface area (TPSA) is 66.4 Å². The molecule has 0 aromatic heterocycles. The standard InChI is InChI=1S/C25H35NO3S/c1-15(24(29)30-13-12-26-16(2)27)22-8-9-23-21-6-4-17-14-18(28)5-7-19(17)20(21)10-11-25(22,23)3/h5,7,14-15,20-23,28H,4,6,8-13H2,1-3H3,(H,26,27)/t15-,20+,21+,22+,23-,25+/m0/s1. The molecule has 30 heavy (non-hydrogen) atoms. The highest BCUT2D eigenvalue weighted by molar-refractivity contribution is 8.13. The number of rotatable bonds is 5. The van der Waals surface area contributed by atoms with Crippen LogP contribution in [-0.4, -0.2) is 28.4 Å². The van der Waals surface area contributed by atoms with E-state index in [-0.39, 0.29) is 17.2 Å². The van der Waals surface area contributed by atoms with Gasteiger partial charge in [-0.2, -0.15) is 0 Å². The maximum absolute atomic E-state index is 12.9. The number of carbonyl (C=O) groups is 2. The predicted octanol–water partition coefficient (Wildman–Crippen LogP) is 4.90. The van der Waals surface area contributed by atoms with Gasteiger partial charge < -0.3 is 10.4 Å². The number of phenolic OH excluding ortho intramolecular Hbond substituents is 1. The molecule has 0 spiro atoms. The zero-order chi connectivity index (χ0) is 21.5. The molecule has 164 valence electrons. The van der Waals surface area contributed by atoms with Crippen molar-refractivity contribution in [3.63, 3.8) is 0 Å². The second-order valence-corrected chi connectivity index (χ2v) is 11.1. The van der Waals surface area contributed by atoms with Gasteiger partial charge in [0.25, 0.3) is 0 Å². The Morgan fingerprint density at radius 2 is 2.07 bits per heavy atom. The molecule has 1 aromatic carbocycles. The highest BCUT2D eigenvalue weighted by atomic mass is 32.2. The Balaban J connectivity index is 1.44. The minimum Gasteiger partial charge on any atom is -0.508 e. The first kappa shape index (κ1) is 21.7. The second kappa shape index (κ2) is 8.57. The molecular formula is C25H35NO3S. The summed E-state index contributed by atoms with van der Waals surface area (Å²) < 4.78 is 0. The van der Waals surface area contributed by atoms with E-state index in [0.717, 1.165) is 12.8 Å². The summed E-state index contributed by atoms with van der Waals surface area (Å²) in [5.41, 5.74) is 3.06. The number of amides is 1. The summed E-state index contributed by atoms with van der Waals surface area (Å²) in [6, 6.07) is 5.98. The van der Waals surface area contributed by atoms with Gasteiger partial charge in [0.1, 0.15) is 5.75 Å². The van der Waals surface area contributed by atoms with Crippen molar-refractivity contribution in [1.82, 2.24) is 5.32 Å². The Morgan fingerprint density at radius 3 is 2.83 bits per heavy atom.